The van der Waals surface area contributed by atoms with Crippen LogP contribution < -0.4 is 15.5 Å². The molecule has 2 fully saturated rings. The molecule has 2 atom stereocenters. The van der Waals surface area contributed by atoms with Crippen molar-refractivity contribution in [2.45, 2.75) is 70.1 Å². The molecule has 3 N–H and O–H groups in total. The molecule has 2 bridgehead atoms. The van der Waals surface area contributed by atoms with Crippen LogP contribution in [0.5, 0.6) is 0 Å². The summed E-state index contributed by atoms with van der Waals surface area (Å²) in [5, 5.41) is 6.15. The van der Waals surface area contributed by atoms with Crippen molar-refractivity contribution in [3.8, 4) is 0 Å². The zero-order valence-electron chi connectivity index (χ0n) is 17.2. The molecule has 0 aromatic heterocycles. The van der Waals surface area contributed by atoms with Gasteiger partial charge in [0.2, 0.25) is 0 Å². The third-order valence-electron chi connectivity index (χ3n) is 6.54. The van der Waals surface area contributed by atoms with E-state index in [-0.39, 0.29) is 17.9 Å². The molecule has 0 radical (unpaired) electrons. The Morgan fingerprint density at radius 3 is 2.24 bits per heavy atom. The summed E-state index contributed by atoms with van der Waals surface area (Å²) in [5.74, 6) is 0.301. The van der Waals surface area contributed by atoms with Gasteiger partial charge in [0, 0.05) is 43.0 Å². The molecule has 0 unspecified atom stereocenters. The Balaban J connectivity index is 1.30. The van der Waals surface area contributed by atoms with Crippen LogP contribution >= 0.6 is 0 Å². The molecule has 2 aromatic rings. The first-order chi connectivity index (χ1) is 14.0. The highest BCUT2D eigenvalue weighted by Gasteiger charge is 2.44. The average molecular weight is 397 g/mol. The standard InChI is InChI=1S/C24H30FN3O/c1-16(2)18-5-9-20(10-6-18)26-24(29)27-21-13-22-11-12-23(14-21)28(22)15-17-3-7-19(25)8-4-17/h3-10,16,21-23H,11-15H2,1-2H3,(H2,26,27,29)/p+1/t22-,23-/m1/s1. The van der Waals surface area contributed by atoms with Gasteiger partial charge in [-0.3, -0.25) is 0 Å². The second kappa shape index (κ2) is 8.54. The minimum Gasteiger partial charge on any atom is -0.335 e. The minimum absolute atomic E-state index is 0.117. The second-order valence-electron chi connectivity index (χ2n) is 8.89. The first kappa shape index (κ1) is 19.9. The molecule has 2 amide bonds. The van der Waals surface area contributed by atoms with E-state index in [2.05, 4.69) is 36.6 Å². The molecular weight excluding hydrogens is 365 g/mol. The molecule has 0 spiro atoms. The Kier molecular flexibility index (Phi) is 5.86. The maximum Gasteiger partial charge on any atom is 0.319 e. The van der Waals surface area contributed by atoms with E-state index in [4.69, 9.17) is 0 Å². The molecule has 0 saturated carbocycles. The molecule has 4 rings (SSSR count). The van der Waals surface area contributed by atoms with E-state index < -0.39 is 0 Å². The Labute approximate surface area is 172 Å². The van der Waals surface area contributed by atoms with Crippen molar-refractivity contribution in [1.82, 2.24) is 5.32 Å². The van der Waals surface area contributed by atoms with Crippen LogP contribution in [-0.4, -0.2) is 24.2 Å². The summed E-state index contributed by atoms with van der Waals surface area (Å²) < 4.78 is 13.2. The maximum atomic E-state index is 13.2. The van der Waals surface area contributed by atoms with E-state index in [1.165, 1.54) is 24.0 Å². The highest BCUT2D eigenvalue weighted by molar-refractivity contribution is 5.89. The number of piperidine rings is 1. The van der Waals surface area contributed by atoms with Gasteiger partial charge >= 0.3 is 6.03 Å². The SMILES string of the molecule is CC(C)c1ccc(NC(=O)NC2C[C@H]3CC[C@H](C2)[NH+]3Cc2ccc(F)cc2)cc1. The molecular formula is C24H31FN3O+. The quantitative estimate of drug-likeness (QED) is 0.706. The number of hydrogen-bond donors (Lipinski definition) is 3. The zero-order chi connectivity index (χ0) is 20.4. The zero-order valence-corrected chi connectivity index (χ0v) is 17.2. The Morgan fingerprint density at radius 2 is 1.66 bits per heavy atom. The number of carbonyl (C=O) groups excluding carboxylic acids is 1. The third kappa shape index (κ3) is 4.78. The number of fused-ring (bicyclic) bond motifs is 2. The van der Waals surface area contributed by atoms with Crippen molar-refractivity contribution in [3.05, 3.63) is 65.5 Å². The molecule has 5 heteroatoms. The van der Waals surface area contributed by atoms with Gasteiger partial charge in [0.15, 0.2) is 0 Å². The van der Waals surface area contributed by atoms with Crippen molar-refractivity contribution in [1.29, 1.82) is 0 Å². The molecule has 2 aliphatic rings. The van der Waals surface area contributed by atoms with E-state index in [0.29, 0.717) is 18.0 Å². The van der Waals surface area contributed by atoms with E-state index in [0.717, 1.165) is 25.1 Å². The van der Waals surface area contributed by atoms with E-state index in [1.54, 1.807) is 17.0 Å². The van der Waals surface area contributed by atoms with Gasteiger partial charge in [0.05, 0.1) is 12.1 Å². The lowest BCUT2D eigenvalue weighted by Gasteiger charge is -2.36. The number of carbonyl (C=O) groups is 1. The number of amides is 2. The van der Waals surface area contributed by atoms with Crippen molar-refractivity contribution < 1.29 is 14.1 Å². The fourth-order valence-corrected chi connectivity index (χ4v) is 4.98. The lowest BCUT2D eigenvalue weighted by molar-refractivity contribution is -0.954. The molecule has 2 heterocycles. The highest BCUT2D eigenvalue weighted by atomic mass is 19.1. The number of nitrogens with one attached hydrogen (secondary N) is 3. The number of hydrogen-bond acceptors (Lipinski definition) is 1. The van der Waals surface area contributed by atoms with Crippen LogP contribution in [0.15, 0.2) is 48.5 Å². The normalized spacial score (nSPS) is 25.8. The van der Waals surface area contributed by atoms with Gasteiger partial charge in [-0.1, -0.05) is 38.1 Å². The number of anilines is 1. The third-order valence-corrected chi connectivity index (χ3v) is 6.54. The van der Waals surface area contributed by atoms with Gasteiger partial charge in [0.25, 0.3) is 0 Å². The summed E-state index contributed by atoms with van der Waals surface area (Å²) in [4.78, 5) is 14.1. The predicted octanol–water partition coefficient (Wildman–Crippen LogP) is 3.85. The molecule has 2 saturated heterocycles. The maximum absolute atomic E-state index is 13.2. The molecule has 0 aliphatic carbocycles. The van der Waals surface area contributed by atoms with Crippen molar-refractivity contribution >= 4 is 11.7 Å². The Hall–Kier alpha value is -2.40. The van der Waals surface area contributed by atoms with Crippen LogP contribution in [0.3, 0.4) is 0 Å². The Bertz CT molecular complexity index is 820. The lowest BCUT2D eigenvalue weighted by Crippen LogP contribution is -3.17. The van der Waals surface area contributed by atoms with E-state index in [1.807, 2.05) is 24.3 Å². The largest absolute Gasteiger partial charge is 0.335 e. The van der Waals surface area contributed by atoms with Gasteiger partial charge in [-0.05, 0) is 35.7 Å². The monoisotopic (exact) mass is 396 g/mol. The van der Waals surface area contributed by atoms with Crippen LogP contribution in [-0.2, 0) is 6.54 Å². The summed E-state index contributed by atoms with van der Waals surface area (Å²) in [6.07, 6.45) is 4.43. The first-order valence-corrected chi connectivity index (χ1v) is 10.8. The average Bonchev–Trinajstić information content (AvgIpc) is 2.92. The number of urea groups is 1. The fourth-order valence-electron chi connectivity index (χ4n) is 4.98. The number of halogens is 1. The summed E-state index contributed by atoms with van der Waals surface area (Å²) >= 11 is 0. The second-order valence-corrected chi connectivity index (χ2v) is 8.89. The lowest BCUT2D eigenvalue weighted by atomic mass is 9.96. The van der Waals surface area contributed by atoms with Crippen LogP contribution in [0.25, 0.3) is 0 Å². The van der Waals surface area contributed by atoms with Crippen molar-refractivity contribution in [2.24, 2.45) is 0 Å². The minimum atomic E-state index is -0.181. The summed E-state index contributed by atoms with van der Waals surface area (Å²) in [6, 6.07) is 16.2. The van der Waals surface area contributed by atoms with Crippen LogP contribution in [0.2, 0.25) is 0 Å². The molecule has 29 heavy (non-hydrogen) atoms. The van der Waals surface area contributed by atoms with Crippen LogP contribution in [0.4, 0.5) is 14.9 Å². The van der Waals surface area contributed by atoms with Gasteiger partial charge in [-0.25, -0.2) is 9.18 Å². The van der Waals surface area contributed by atoms with Crippen LogP contribution in [0.1, 0.15) is 56.6 Å². The molecule has 4 nitrogen and oxygen atoms in total. The smallest absolute Gasteiger partial charge is 0.319 e. The van der Waals surface area contributed by atoms with Crippen LogP contribution in [0, 0.1) is 5.82 Å². The first-order valence-electron chi connectivity index (χ1n) is 10.8. The van der Waals surface area contributed by atoms with E-state index in [9.17, 15) is 9.18 Å². The number of rotatable bonds is 5. The van der Waals surface area contributed by atoms with Gasteiger partial charge in [0.1, 0.15) is 12.4 Å². The van der Waals surface area contributed by atoms with Gasteiger partial charge in [-0.2, -0.15) is 0 Å². The predicted molar refractivity (Wildman–Crippen MR) is 114 cm³/mol. The van der Waals surface area contributed by atoms with Gasteiger partial charge < -0.3 is 15.5 Å². The van der Waals surface area contributed by atoms with E-state index >= 15 is 0 Å². The van der Waals surface area contributed by atoms with Crippen molar-refractivity contribution in [2.75, 3.05) is 5.32 Å². The number of quaternary nitrogens is 1. The molecule has 2 aliphatic heterocycles. The number of benzene rings is 2. The topological polar surface area (TPSA) is 45.6 Å². The molecule has 2 aromatic carbocycles. The summed E-state index contributed by atoms with van der Waals surface area (Å²) in [7, 11) is 0. The highest BCUT2D eigenvalue weighted by Crippen LogP contribution is 2.24. The van der Waals surface area contributed by atoms with Gasteiger partial charge in [-0.15, -0.1) is 0 Å². The Morgan fingerprint density at radius 1 is 1.03 bits per heavy atom. The van der Waals surface area contributed by atoms with Crippen molar-refractivity contribution in [3.63, 3.8) is 0 Å². The summed E-state index contributed by atoms with van der Waals surface area (Å²) in [5.41, 5.74) is 3.28. The molecule has 154 valence electrons. The summed E-state index contributed by atoms with van der Waals surface area (Å²) in [6.45, 7) is 5.26. The fraction of sp³-hybridized carbons (Fsp3) is 0.458.